The molecule has 0 atom stereocenters. The molecule has 1 heterocycles. The van der Waals surface area contributed by atoms with Gasteiger partial charge in [0.2, 0.25) is 0 Å². The van der Waals surface area contributed by atoms with Crippen LogP contribution in [0.2, 0.25) is 0 Å². The Morgan fingerprint density at radius 2 is 2.10 bits per heavy atom. The molecule has 0 saturated heterocycles. The van der Waals surface area contributed by atoms with Gasteiger partial charge in [0.05, 0.1) is 23.7 Å². The van der Waals surface area contributed by atoms with E-state index in [1.165, 1.54) is 5.52 Å². The maximum atomic E-state index is 5.53. The molecule has 1 N–H and O–H groups in total. The van der Waals surface area contributed by atoms with E-state index in [2.05, 4.69) is 48.9 Å². The van der Waals surface area contributed by atoms with Crippen LogP contribution in [0.4, 0.5) is 0 Å². The highest BCUT2D eigenvalue weighted by Gasteiger charge is 2.07. The van der Waals surface area contributed by atoms with Crippen LogP contribution in [0.25, 0.3) is 11.0 Å². The third kappa shape index (κ3) is 3.81. The molecule has 0 amide bonds. The molecule has 0 aliphatic carbocycles. The average molecular weight is 275 g/mol. The largest absolute Gasteiger partial charge is 0.379 e. The quantitative estimate of drug-likeness (QED) is 0.753. The van der Waals surface area contributed by atoms with Crippen molar-refractivity contribution in [1.29, 1.82) is 0 Å². The van der Waals surface area contributed by atoms with Crippen LogP contribution in [0, 0.1) is 0 Å². The number of para-hydroxylation sites is 2. The van der Waals surface area contributed by atoms with Gasteiger partial charge in [-0.05, 0) is 45.9 Å². The predicted molar refractivity (Wildman–Crippen MR) is 82.8 cm³/mol. The fourth-order valence-corrected chi connectivity index (χ4v) is 2.33. The highest BCUT2D eigenvalue weighted by atomic mass is 16.5. The van der Waals surface area contributed by atoms with Gasteiger partial charge in [-0.25, -0.2) is 4.98 Å². The molecule has 0 aliphatic rings. The lowest BCUT2D eigenvalue weighted by molar-refractivity contribution is 0.0770. The lowest BCUT2D eigenvalue weighted by Crippen LogP contribution is -2.19. The molecule has 0 saturated carbocycles. The third-order valence-corrected chi connectivity index (χ3v) is 3.28. The Hall–Kier alpha value is -1.39. The van der Waals surface area contributed by atoms with Crippen LogP contribution in [0.1, 0.15) is 33.0 Å². The van der Waals surface area contributed by atoms with Crippen molar-refractivity contribution in [2.45, 2.75) is 46.4 Å². The van der Waals surface area contributed by atoms with Crippen molar-refractivity contribution in [1.82, 2.24) is 14.9 Å². The molecule has 0 spiro atoms. The second-order valence-corrected chi connectivity index (χ2v) is 5.21. The fraction of sp³-hybridized carbons (Fsp3) is 0.562. The van der Waals surface area contributed by atoms with E-state index in [4.69, 9.17) is 9.72 Å². The average Bonchev–Trinajstić information content (AvgIpc) is 2.79. The van der Waals surface area contributed by atoms with Gasteiger partial charge in [0, 0.05) is 13.2 Å². The molecule has 1 aromatic carbocycles. The van der Waals surface area contributed by atoms with Crippen LogP contribution in [0.15, 0.2) is 24.3 Å². The molecule has 110 valence electrons. The maximum absolute atomic E-state index is 5.53. The summed E-state index contributed by atoms with van der Waals surface area (Å²) in [6.45, 7) is 9.83. The molecule has 4 nitrogen and oxygen atoms in total. The van der Waals surface area contributed by atoms with Gasteiger partial charge in [0.15, 0.2) is 0 Å². The highest BCUT2D eigenvalue weighted by Crippen LogP contribution is 2.15. The fourth-order valence-electron chi connectivity index (χ4n) is 2.33. The molecule has 0 aliphatic heterocycles. The van der Waals surface area contributed by atoms with E-state index in [1.54, 1.807) is 0 Å². The Morgan fingerprint density at radius 1 is 1.30 bits per heavy atom. The number of nitrogens with zero attached hydrogens (tertiary/aromatic N) is 2. The van der Waals surface area contributed by atoms with Crippen LogP contribution < -0.4 is 5.32 Å². The summed E-state index contributed by atoms with van der Waals surface area (Å²) in [5, 5.41) is 3.45. The molecule has 0 bridgehead atoms. The number of hydrogen-bond acceptors (Lipinski definition) is 3. The molecular formula is C16H25N3O. The lowest BCUT2D eigenvalue weighted by atomic mass is 10.3. The molecule has 2 rings (SSSR count). The standard InChI is InChI=1S/C16H25N3O/c1-4-19-15-9-6-5-8-14(15)18-16(19)12-17-10-7-11-20-13(2)3/h5-6,8-9,13,17H,4,7,10-12H2,1-3H3. The number of benzene rings is 1. The number of ether oxygens (including phenoxy) is 1. The number of imidazole rings is 1. The summed E-state index contributed by atoms with van der Waals surface area (Å²) in [7, 11) is 0. The number of fused-ring (bicyclic) bond motifs is 1. The van der Waals surface area contributed by atoms with Gasteiger partial charge >= 0.3 is 0 Å². The molecular weight excluding hydrogens is 250 g/mol. The van der Waals surface area contributed by atoms with E-state index in [9.17, 15) is 0 Å². The zero-order valence-corrected chi connectivity index (χ0v) is 12.7. The van der Waals surface area contributed by atoms with E-state index in [0.29, 0.717) is 6.10 Å². The van der Waals surface area contributed by atoms with Gasteiger partial charge < -0.3 is 14.6 Å². The second-order valence-electron chi connectivity index (χ2n) is 5.21. The van der Waals surface area contributed by atoms with Gasteiger partial charge in [-0.15, -0.1) is 0 Å². The van der Waals surface area contributed by atoms with E-state index in [0.717, 1.165) is 44.0 Å². The van der Waals surface area contributed by atoms with Crippen LogP contribution in [-0.2, 0) is 17.8 Å². The SMILES string of the molecule is CCn1c(CNCCCOC(C)C)nc2ccccc21. The number of aromatic nitrogens is 2. The summed E-state index contributed by atoms with van der Waals surface area (Å²) in [5.41, 5.74) is 2.30. The van der Waals surface area contributed by atoms with E-state index >= 15 is 0 Å². The van der Waals surface area contributed by atoms with Crippen LogP contribution >= 0.6 is 0 Å². The maximum Gasteiger partial charge on any atom is 0.123 e. The van der Waals surface area contributed by atoms with Gasteiger partial charge in [0.1, 0.15) is 5.82 Å². The summed E-state index contributed by atoms with van der Waals surface area (Å²) >= 11 is 0. The van der Waals surface area contributed by atoms with Gasteiger partial charge in [-0.1, -0.05) is 12.1 Å². The van der Waals surface area contributed by atoms with E-state index < -0.39 is 0 Å². The first kappa shape index (κ1) is 15.0. The zero-order chi connectivity index (χ0) is 14.4. The molecule has 0 unspecified atom stereocenters. The molecule has 2 aromatic rings. The number of rotatable bonds is 8. The summed E-state index contributed by atoms with van der Waals surface area (Å²) in [5.74, 6) is 1.11. The van der Waals surface area contributed by atoms with Crippen molar-refractivity contribution < 1.29 is 4.74 Å². The molecule has 0 fully saturated rings. The monoisotopic (exact) mass is 275 g/mol. The molecule has 20 heavy (non-hydrogen) atoms. The summed E-state index contributed by atoms with van der Waals surface area (Å²) in [6.07, 6.45) is 1.35. The minimum atomic E-state index is 0.319. The van der Waals surface area contributed by atoms with Crippen molar-refractivity contribution in [2.75, 3.05) is 13.2 Å². The van der Waals surface area contributed by atoms with Crippen molar-refractivity contribution in [3.05, 3.63) is 30.1 Å². The Balaban J connectivity index is 1.86. The first-order valence-corrected chi connectivity index (χ1v) is 7.48. The molecule has 1 aromatic heterocycles. The number of aryl methyl sites for hydroxylation is 1. The van der Waals surface area contributed by atoms with Crippen LogP contribution in [0.3, 0.4) is 0 Å². The van der Waals surface area contributed by atoms with Crippen molar-refractivity contribution in [3.8, 4) is 0 Å². The van der Waals surface area contributed by atoms with Crippen molar-refractivity contribution >= 4 is 11.0 Å². The van der Waals surface area contributed by atoms with E-state index in [-0.39, 0.29) is 0 Å². The Bertz CT molecular complexity index is 534. The Kier molecular flexibility index (Phi) is 5.56. The van der Waals surface area contributed by atoms with Crippen molar-refractivity contribution in [3.63, 3.8) is 0 Å². The van der Waals surface area contributed by atoms with Gasteiger partial charge in [-0.2, -0.15) is 0 Å². The predicted octanol–water partition coefficient (Wildman–Crippen LogP) is 2.96. The Morgan fingerprint density at radius 3 is 2.85 bits per heavy atom. The van der Waals surface area contributed by atoms with Crippen molar-refractivity contribution in [2.24, 2.45) is 0 Å². The van der Waals surface area contributed by atoms with Gasteiger partial charge in [0.25, 0.3) is 0 Å². The Labute approximate surface area is 121 Å². The molecule has 4 heteroatoms. The smallest absolute Gasteiger partial charge is 0.123 e. The lowest BCUT2D eigenvalue weighted by Gasteiger charge is -2.09. The summed E-state index contributed by atoms with van der Waals surface area (Å²) in [4.78, 5) is 4.70. The molecule has 0 radical (unpaired) electrons. The highest BCUT2D eigenvalue weighted by molar-refractivity contribution is 5.75. The third-order valence-electron chi connectivity index (χ3n) is 3.28. The minimum Gasteiger partial charge on any atom is -0.379 e. The zero-order valence-electron chi connectivity index (χ0n) is 12.7. The normalized spacial score (nSPS) is 11.6. The minimum absolute atomic E-state index is 0.319. The number of hydrogen-bond donors (Lipinski definition) is 1. The topological polar surface area (TPSA) is 39.1 Å². The summed E-state index contributed by atoms with van der Waals surface area (Å²) in [6, 6.07) is 8.31. The van der Waals surface area contributed by atoms with Gasteiger partial charge in [-0.3, -0.25) is 0 Å². The summed E-state index contributed by atoms with van der Waals surface area (Å²) < 4.78 is 7.80. The first-order valence-electron chi connectivity index (χ1n) is 7.48. The van der Waals surface area contributed by atoms with Crippen LogP contribution in [-0.4, -0.2) is 28.8 Å². The first-order chi connectivity index (χ1) is 9.72. The van der Waals surface area contributed by atoms with Crippen LogP contribution in [0.5, 0.6) is 0 Å². The second kappa shape index (κ2) is 7.41. The number of nitrogens with one attached hydrogen (secondary N) is 1. The van der Waals surface area contributed by atoms with E-state index in [1.807, 2.05) is 6.07 Å².